The molecule has 0 aromatic carbocycles. The van der Waals surface area contributed by atoms with Crippen LogP contribution >= 0.6 is 0 Å². The van der Waals surface area contributed by atoms with Crippen LogP contribution in [0.15, 0.2) is 0 Å². The molecule has 0 aromatic rings. The van der Waals surface area contributed by atoms with E-state index in [0.29, 0.717) is 17.9 Å². The van der Waals surface area contributed by atoms with E-state index in [1.54, 1.807) is 7.05 Å². The fourth-order valence-corrected chi connectivity index (χ4v) is 3.12. The van der Waals surface area contributed by atoms with Crippen molar-refractivity contribution in [3.63, 3.8) is 0 Å². The first-order valence-corrected chi connectivity index (χ1v) is 8.17. The van der Waals surface area contributed by atoms with E-state index in [1.807, 2.05) is 0 Å². The van der Waals surface area contributed by atoms with E-state index in [0.717, 1.165) is 13.0 Å². The van der Waals surface area contributed by atoms with Crippen molar-refractivity contribution in [1.29, 1.82) is 0 Å². The van der Waals surface area contributed by atoms with E-state index in [1.165, 1.54) is 25.9 Å². The lowest BCUT2D eigenvalue weighted by molar-refractivity contribution is -0.123. The van der Waals surface area contributed by atoms with E-state index in [9.17, 15) is 4.79 Å². The van der Waals surface area contributed by atoms with Crippen molar-refractivity contribution in [2.45, 2.75) is 59.0 Å². The monoisotopic (exact) mass is 283 g/mol. The Balaban J connectivity index is 2.49. The molecule has 1 saturated heterocycles. The zero-order chi connectivity index (χ0) is 15.1. The van der Waals surface area contributed by atoms with Crippen LogP contribution in [0, 0.1) is 11.8 Å². The Morgan fingerprint density at radius 3 is 2.30 bits per heavy atom. The Morgan fingerprint density at radius 2 is 1.85 bits per heavy atom. The quantitative estimate of drug-likeness (QED) is 0.749. The number of amides is 1. The van der Waals surface area contributed by atoms with Crippen LogP contribution in [0.5, 0.6) is 0 Å². The van der Waals surface area contributed by atoms with E-state index in [-0.39, 0.29) is 11.9 Å². The lowest BCUT2D eigenvalue weighted by Gasteiger charge is -2.36. The average molecular weight is 283 g/mol. The largest absolute Gasteiger partial charge is 0.358 e. The first-order valence-electron chi connectivity index (χ1n) is 8.17. The molecule has 4 nitrogen and oxygen atoms in total. The number of hydrogen-bond donors (Lipinski definition) is 2. The lowest BCUT2D eigenvalue weighted by Crippen LogP contribution is -2.51. The minimum absolute atomic E-state index is 0.0563. The van der Waals surface area contributed by atoms with E-state index in [2.05, 4.69) is 43.2 Å². The van der Waals surface area contributed by atoms with Gasteiger partial charge in [-0.25, -0.2) is 0 Å². The summed E-state index contributed by atoms with van der Waals surface area (Å²) in [5.74, 6) is 1.34. The van der Waals surface area contributed by atoms with Gasteiger partial charge in [0.2, 0.25) is 5.91 Å². The van der Waals surface area contributed by atoms with Crippen LogP contribution in [0.3, 0.4) is 0 Å². The Morgan fingerprint density at radius 1 is 1.25 bits per heavy atom. The molecule has 2 atom stereocenters. The normalized spacial score (nSPS) is 20.9. The second kappa shape index (κ2) is 8.63. The van der Waals surface area contributed by atoms with E-state index >= 15 is 0 Å². The smallest absolute Gasteiger partial charge is 0.236 e. The predicted molar refractivity (Wildman–Crippen MR) is 84.7 cm³/mol. The van der Waals surface area contributed by atoms with Crippen LogP contribution in [-0.4, -0.2) is 49.6 Å². The van der Waals surface area contributed by atoms with Crippen LogP contribution in [0.4, 0.5) is 0 Å². The molecule has 1 rings (SSSR count). The van der Waals surface area contributed by atoms with Gasteiger partial charge >= 0.3 is 0 Å². The molecule has 118 valence electrons. The summed E-state index contributed by atoms with van der Waals surface area (Å²) >= 11 is 0. The molecule has 1 aliphatic rings. The summed E-state index contributed by atoms with van der Waals surface area (Å²) in [6.07, 6.45) is 3.38. The second-order valence-electron chi connectivity index (χ2n) is 6.52. The van der Waals surface area contributed by atoms with Gasteiger partial charge < -0.3 is 15.5 Å². The lowest BCUT2D eigenvalue weighted by atomic mass is 9.89. The van der Waals surface area contributed by atoms with Crippen molar-refractivity contribution >= 4 is 5.91 Å². The molecule has 0 radical (unpaired) electrons. The topological polar surface area (TPSA) is 44.4 Å². The van der Waals surface area contributed by atoms with Crippen LogP contribution in [0.2, 0.25) is 0 Å². The first-order chi connectivity index (χ1) is 9.47. The number of nitrogens with zero attached hydrogens (tertiary/aromatic N) is 1. The highest BCUT2D eigenvalue weighted by molar-refractivity contribution is 5.81. The molecule has 1 fully saturated rings. The van der Waals surface area contributed by atoms with Crippen molar-refractivity contribution in [2.75, 3.05) is 26.7 Å². The molecule has 0 spiro atoms. The highest BCUT2D eigenvalue weighted by atomic mass is 16.2. The maximum absolute atomic E-state index is 12.0. The van der Waals surface area contributed by atoms with Gasteiger partial charge in [-0.05, 0) is 57.7 Å². The van der Waals surface area contributed by atoms with Gasteiger partial charge in [-0.1, -0.05) is 20.8 Å². The maximum Gasteiger partial charge on any atom is 0.236 e. The summed E-state index contributed by atoms with van der Waals surface area (Å²) in [7, 11) is 1.72. The van der Waals surface area contributed by atoms with Crippen molar-refractivity contribution < 1.29 is 4.79 Å². The summed E-state index contributed by atoms with van der Waals surface area (Å²) in [4.78, 5) is 14.5. The van der Waals surface area contributed by atoms with E-state index in [4.69, 9.17) is 0 Å². The summed E-state index contributed by atoms with van der Waals surface area (Å²) in [5.41, 5.74) is 0. The summed E-state index contributed by atoms with van der Waals surface area (Å²) < 4.78 is 0. The second-order valence-corrected chi connectivity index (χ2v) is 6.52. The van der Waals surface area contributed by atoms with Gasteiger partial charge in [-0.2, -0.15) is 0 Å². The third-order valence-electron chi connectivity index (χ3n) is 4.52. The molecule has 4 heteroatoms. The molecule has 1 amide bonds. The van der Waals surface area contributed by atoms with Crippen molar-refractivity contribution in [3.8, 4) is 0 Å². The minimum atomic E-state index is -0.0563. The Bertz CT molecular complexity index is 285. The fraction of sp³-hybridized carbons (Fsp3) is 0.938. The number of carbonyl (C=O) groups excluding carboxylic acids is 1. The number of nitrogens with one attached hydrogen (secondary N) is 2. The summed E-state index contributed by atoms with van der Waals surface area (Å²) in [5, 5.41) is 6.36. The van der Waals surface area contributed by atoms with Gasteiger partial charge in [0.25, 0.3) is 0 Å². The number of likely N-dealkylation sites (tertiary alicyclic amines) is 1. The Labute approximate surface area is 124 Å². The molecule has 0 saturated carbocycles. The molecule has 2 N–H and O–H groups in total. The van der Waals surface area contributed by atoms with Crippen molar-refractivity contribution in [1.82, 2.24) is 15.5 Å². The highest BCUT2D eigenvalue weighted by Crippen LogP contribution is 2.21. The number of hydrogen-bond acceptors (Lipinski definition) is 3. The molecular weight excluding hydrogens is 250 g/mol. The summed E-state index contributed by atoms with van der Waals surface area (Å²) in [6.45, 7) is 12.4. The van der Waals surface area contributed by atoms with Gasteiger partial charge in [0.1, 0.15) is 0 Å². The van der Waals surface area contributed by atoms with Crippen molar-refractivity contribution in [2.24, 2.45) is 11.8 Å². The molecule has 1 aliphatic heterocycles. The number of rotatable bonds is 7. The molecule has 2 unspecified atom stereocenters. The zero-order valence-electron chi connectivity index (χ0n) is 13.9. The number of carbonyl (C=O) groups is 1. The standard InChI is InChI=1S/C16H33N3O/c1-6-19-9-7-14(8-10-19)13(4)18-15(11-12(2)3)16(20)17-5/h12-15,18H,6-11H2,1-5H3,(H,17,20). The van der Waals surface area contributed by atoms with Crippen LogP contribution < -0.4 is 10.6 Å². The SMILES string of the molecule is CCN1CCC(C(C)NC(CC(C)C)C(=O)NC)CC1. The van der Waals surface area contributed by atoms with E-state index < -0.39 is 0 Å². The first kappa shape index (κ1) is 17.4. The van der Waals surface area contributed by atoms with Gasteiger partial charge in [0, 0.05) is 13.1 Å². The third kappa shape index (κ3) is 5.41. The molecule has 20 heavy (non-hydrogen) atoms. The van der Waals surface area contributed by atoms with Crippen molar-refractivity contribution in [3.05, 3.63) is 0 Å². The molecule has 0 aromatic heterocycles. The minimum Gasteiger partial charge on any atom is -0.358 e. The van der Waals surface area contributed by atoms with Gasteiger partial charge in [0.15, 0.2) is 0 Å². The third-order valence-corrected chi connectivity index (χ3v) is 4.52. The van der Waals surface area contributed by atoms with Gasteiger partial charge in [-0.15, -0.1) is 0 Å². The van der Waals surface area contributed by atoms with Crippen LogP contribution in [0.1, 0.15) is 47.0 Å². The Hall–Kier alpha value is -0.610. The maximum atomic E-state index is 12.0. The zero-order valence-corrected chi connectivity index (χ0v) is 13.9. The van der Waals surface area contributed by atoms with Crippen LogP contribution in [0.25, 0.3) is 0 Å². The van der Waals surface area contributed by atoms with Gasteiger partial charge in [0.05, 0.1) is 6.04 Å². The average Bonchev–Trinajstić information content (AvgIpc) is 2.45. The number of piperidine rings is 1. The summed E-state index contributed by atoms with van der Waals surface area (Å²) in [6, 6.07) is 0.356. The Kier molecular flexibility index (Phi) is 7.52. The predicted octanol–water partition coefficient (Wildman–Crippen LogP) is 1.86. The van der Waals surface area contributed by atoms with Gasteiger partial charge in [-0.3, -0.25) is 4.79 Å². The molecule has 0 bridgehead atoms. The molecule has 0 aliphatic carbocycles. The number of likely N-dealkylation sites (N-methyl/N-ethyl adjacent to an activating group) is 1. The molecular formula is C16H33N3O. The fourth-order valence-electron chi connectivity index (χ4n) is 3.12. The molecule has 1 heterocycles. The highest BCUT2D eigenvalue weighted by Gasteiger charge is 2.27. The van der Waals surface area contributed by atoms with Crippen LogP contribution in [-0.2, 0) is 4.79 Å².